The van der Waals surface area contributed by atoms with Crippen molar-refractivity contribution in [3.05, 3.63) is 35.4 Å². The second-order valence-corrected chi connectivity index (χ2v) is 10.7. The van der Waals surface area contributed by atoms with Crippen LogP contribution in [0.25, 0.3) is 0 Å². The van der Waals surface area contributed by atoms with Gasteiger partial charge in [-0.05, 0) is 30.5 Å². The van der Waals surface area contributed by atoms with Gasteiger partial charge in [0.15, 0.2) is 0 Å². The third-order valence-corrected chi connectivity index (χ3v) is 7.19. The van der Waals surface area contributed by atoms with E-state index in [1.54, 1.807) is 7.11 Å². The maximum atomic E-state index is 13.0. The van der Waals surface area contributed by atoms with Crippen LogP contribution in [0.1, 0.15) is 35.7 Å². The monoisotopic (exact) mass is 670 g/mol. The van der Waals surface area contributed by atoms with Crippen molar-refractivity contribution in [2.45, 2.75) is 26.2 Å². The van der Waals surface area contributed by atoms with Gasteiger partial charge in [0.1, 0.15) is 0 Å². The van der Waals surface area contributed by atoms with Crippen LogP contribution in [0.4, 0.5) is 0 Å². The highest BCUT2D eigenvalue weighted by atomic mass is 16.6. The molecule has 47 heavy (non-hydrogen) atoms. The van der Waals surface area contributed by atoms with Crippen molar-refractivity contribution in [3.63, 3.8) is 0 Å². The Morgan fingerprint density at radius 3 is 1.40 bits per heavy atom. The first-order chi connectivity index (χ1) is 23.2. The lowest BCUT2D eigenvalue weighted by atomic mass is 10.1. The topological polar surface area (TPSA) is 124 Å². The van der Waals surface area contributed by atoms with E-state index >= 15 is 0 Å². The molecule has 13 nitrogen and oxygen atoms in total. The zero-order valence-corrected chi connectivity index (χ0v) is 28.7. The lowest BCUT2D eigenvalue weighted by Crippen LogP contribution is -2.50. The fraction of sp³-hybridized carbons (Fsp3) is 0.765. The predicted molar refractivity (Wildman–Crippen MR) is 176 cm³/mol. The number of carbonyl (C=O) groups is 2. The summed E-state index contributed by atoms with van der Waals surface area (Å²) in [4.78, 5) is 28.5. The summed E-state index contributed by atoms with van der Waals surface area (Å²) >= 11 is 0. The minimum atomic E-state index is 0.0261. The van der Waals surface area contributed by atoms with Crippen LogP contribution in [-0.2, 0) is 53.8 Å². The van der Waals surface area contributed by atoms with E-state index in [0.29, 0.717) is 150 Å². The number of carbonyl (C=O) groups excluding carboxylic acids is 2. The van der Waals surface area contributed by atoms with Gasteiger partial charge in [-0.25, -0.2) is 0 Å². The van der Waals surface area contributed by atoms with Gasteiger partial charge in [-0.3, -0.25) is 9.59 Å². The summed E-state index contributed by atoms with van der Waals surface area (Å²) in [6.07, 6.45) is 2.20. The van der Waals surface area contributed by atoms with Crippen LogP contribution in [0.3, 0.4) is 0 Å². The molecule has 0 unspecified atom stereocenters. The zero-order valence-electron chi connectivity index (χ0n) is 28.7. The Balaban J connectivity index is 1.30. The summed E-state index contributed by atoms with van der Waals surface area (Å²) in [6, 6.07) is 7.80. The van der Waals surface area contributed by atoms with Crippen LogP contribution < -0.4 is 0 Å². The van der Waals surface area contributed by atoms with Crippen molar-refractivity contribution in [2.24, 2.45) is 0 Å². The molecule has 0 bridgehead atoms. The van der Waals surface area contributed by atoms with Gasteiger partial charge >= 0.3 is 0 Å². The minimum absolute atomic E-state index is 0.0261. The lowest BCUT2D eigenvalue weighted by molar-refractivity contribution is -0.132. The van der Waals surface area contributed by atoms with Crippen molar-refractivity contribution in [1.82, 2.24) is 9.80 Å². The number of benzene rings is 1. The van der Waals surface area contributed by atoms with Crippen LogP contribution in [0.5, 0.6) is 0 Å². The third-order valence-electron chi connectivity index (χ3n) is 7.19. The van der Waals surface area contributed by atoms with Crippen molar-refractivity contribution < 1.29 is 52.2 Å². The highest BCUT2D eigenvalue weighted by Crippen LogP contribution is 2.13. The molecule has 0 saturated carbocycles. The van der Waals surface area contributed by atoms with Crippen LogP contribution in [0.15, 0.2) is 24.3 Å². The quantitative estimate of drug-likeness (QED) is 0.112. The first kappa shape index (κ1) is 41.0. The number of piperazine rings is 1. The predicted octanol–water partition coefficient (Wildman–Crippen LogP) is 2.09. The molecule has 0 N–H and O–H groups in total. The molecular formula is C34H58N2O11. The SMILES string of the molecule is CCC(=O)N1CCN(C(=O)c2cccc(CCCOCCOCCOCCOCCOCCOCCOCCOCCOC)c2)CC1. The standard InChI is InChI=1S/C34H58N2O11/c1-3-33(37)35-9-11-36(12-10-35)34(38)32-8-4-6-31(30-32)7-5-13-40-16-17-42-20-21-44-24-25-46-28-29-47-27-26-45-23-22-43-19-18-41-15-14-39-2/h4,6,8,30H,3,5,7,9-29H2,1-2H3. The Morgan fingerprint density at radius 2 is 0.979 bits per heavy atom. The fourth-order valence-electron chi connectivity index (χ4n) is 4.59. The van der Waals surface area contributed by atoms with Crippen LogP contribution >= 0.6 is 0 Å². The molecule has 270 valence electrons. The molecule has 1 heterocycles. The largest absolute Gasteiger partial charge is 0.382 e. The number of nitrogens with zero attached hydrogens (tertiary/aromatic N) is 2. The zero-order chi connectivity index (χ0) is 33.6. The lowest BCUT2D eigenvalue weighted by Gasteiger charge is -2.34. The molecule has 1 aliphatic rings. The van der Waals surface area contributed by atoms with Gasteiger partial charge < -0.3 is 52.4 Å². The van der Waals surface area contributed by atoms with E-state index in [0.717, 1.165) is 18.4 Å². The van der Waals surface area contributed by atoms with Crippen molar-refractivity contribution in [3.8, 4) is 0 Å². The van der Waals surface area contributed by atoms with Crippen LogP contribution in [-0.4, -0.2) is 167 Å². The summed E-state index contributed by atoms with van der Waals surface area (Å²) < 4.78 is 48.8. The summed E-state index contributed by atoms with van der Waals surface area (Å²) in [5, 5.41) is 0. The molecule has 13 heteroatoms. The van der Waals surface area contributed by atoms with Gasteiger partial charge in [0.25, 0.3) is 5.91 Å². The Bertz CT molecular complexity index is 916. The van der Waals surface area contributed by atoms with E-state index in [9.17, 15) is 9.59 Å². The number of hydrogen-bond acceptors (Lipinski definition) is 11. The summed E-state index contributed by atoms with van der Waals surface area (Å²) in [6.45, 7) is 13.3. The van der Waals surface area contributed by atoms with Crippen molar-refractivity contribution in [2.75, 3.05) is 146 Å². The van der Waals surface area contributed by atoms with E-state index in [1.165, 1.54) is 0 Å². The first-order valence-electron chi connectivity index (χ1n) is 16.9. The Kier molecular flexibility index (Phi) is 25.1. The van der Waals surface area contributed by atoms with Gasteiger partial charge in [0, 0.05) is 51.9 Å². The molecule has 1 aromatic carbocycles. The van der Waals surface area contributed by atoms with Gasteiger partial charge in [0.2, 0.25) is 5.91 Å². The second-order valence-electron chi connectivity index (χ2n) is 10.7. The molecule has 1 aromatic rings. The van der Waals surface area contributed by atoms with Gasteiger partial charge in [-0.2, -0.15) is 0 Å². The number of amides is 2. The van der Waals surface area contributed by atoms with Crippen LogP contribution in [0.2, 0.25) is 0 Å². The molecule has 1 saturated heterocycles. The second kappa shape index (κ2) is 28.8. The Hall–Kier alpha value is -2.20. The van der Waals surface area contributed by atoms with Crippen molar-refractivity contribution in [1.29, 1.82) is 0 Å². The molecule has 0 aliphatic carbocycles. The molecule has 2 rings (SSSR count). The molecule has 2 amide bonds. The van der Waals surface area contributed by atoms with Gasteiger partial charge in [-0.15, -0.1) is 0 Å². The average molecular weight is 671 g/mol. The Labute approximate surface area is 281 Å². The van der Waals surface area contributed by atoms with Crippen LogP contribution in [0, 0.1) is 0 Å². The van der Waals surface area contributed by atoms with E-state index in [2.05, 4.69) is 0 Å². The molecule has 1 fully saturated rings. The summed E-state index contributed by atoms with van der Waals surface area (Å²) in [7, 11) is 1.64. The van der Waals surface area contributed by atoms with Gasteiger partial charge in [0.05, 0.1) is 106 Å². The minimum Gasteiger partial charge on any atom is -0.382 e. The molecular weight excluding hydrogens is 612 g/mol. The summed E-state index contributed by atoms with van der Waals surface area (Å²) in [5.74, 6) is 0.171. The third kappa shape index (κ3) is 20.7. The molecule has 0 atom stereocenters. The maximum Gasteiger partial charge on any atom is 0.253 e. The van der Waals surface area contributed by atoms with Crippen molar-refractivity contribution >= 4 is 11.8 Å². The maximum absolute atomic E-state index is 13.0. The smallest absolute Gasteiger partial charge is 0.253 e. The number of aryl methyl sites for hydroxylation is 1. The molecule has 1 aliphatic heterocycles. The first-order valence-corrected chi connectivity index (χ1v) is 16.9. The van der Waals surface area contributed by atoms with E-state index < -0.39 is 0 Å². The van der Waals surface area contributed by atoms with E-state index in [1.807, 2.05) is 41.0 Å². The normalized spacial score (nSPS) is 13.4. The fourth-order valence-corrected chi connectivity index (χ4v) is 4.59. The number of rotatable bonds is 30. The molecule has 0 aromatic heterocycles. The number of ether oxygens (including phenoxy) is 9. The van der Waals surface area contributed by atoms with Gasteiger partial charge in [-0.1, -0.05) is 19.1 Å². The highest BCUT2D eigenvalue weighted by molar-refractivity contribution is 5.94. The molecule has 0 spiro atoms. The number of hydrogen-bond donors (Lipinski definition) is 0. The van der Waals surface area contributed by atoms with E-state index in [-0.39, 0.29) is 11.8 Å². The summed E-state index contributed by atoms with van der Waals surface area (Å²) in [5.41, 5.74) is 1.81. The Morgan fingerprint density at radius 1 is 0.574 bits per heavy atom. The van der Waals surface area contributed by atoms with E-state index in [4.69, 9.17) is 42.6 Å². The number of methoxy groups -OCH3 is 1. The average Bonchev–Trinajstić information content (AvgIpc) is 3.10. The highest BCUT2D eigenvalue weighted by Gasteiger charge is 2.24. The molecule has 0 radical (unpaired) electrons.